The molecule has 0 fully saturated rings. The van der Waals surface area contributed by atoms with Crippen molar-refractivity contribution in [3.05, 3.63) is 29.3 Å². The molecule has 1 rings (SSSR count). The molecule has 3 heteroatoms. The molecule has 0 heterocycles. The normalized spacial score (nSPS) is 10.5. The van der Waals surface area contributed by atoms with E-state index >= 15 is 0 Å². The van der Waals surface area contributed by atoms with E-state index in [4.69, 9.17) is 5.11 Å². The third-order valence-electron chi connectivity index (χ3n) is 3.14. The molecule has 100 valence electrons. The summed E-state index contributed by atoms with van der Waals surface area (Å²) in [5.41, 5.74) is 0.795. The number of carboxylic acids is 1. The van der Waals surface area contributed by atoms with Gasteiger partial charge in [0.2, 0.25) is 0 Å². The Morgan fingerprint density at radius 1 is 1.11 bits per heavy atom. The molecule has 1 aromatic carbocycles. The highest BCUT2D eigenvalue weighted by Crippen LogP contribution is 2.22. The van der Waals surface area contributed by atoms with Gasteiger partial charge in [-0.2, -0.15) is 0 Å². The third-order valence-corrected chi connectivity index (χ3v) is 3.14. The molecule has 0 saturated heterocycles. The molecular formula is C15H22O3. The average molecular weight is 250 g/mol. The quantitative estimate of drug-likeness (QED) is 0.686. The average Bonchev–Trinajstić information content (AvgIpc) is 2.33. The van der Waals surface area contributed by atoms with Crippen molar-refractivity contribution in [3.63, 3.8) is 0 Å². The Kier molecular flexibility index (Phi) is 6.26. The van der Waals surface area contributed by atoms with Gasteiger partial charge in [-0.05, 0) is 24.5 Å². The Hall–Kier alpha value is -1.51. The number of phenols is 1. The second kappa shape index (κ2) is 7.75. The van der Waals surface area contributed by atoms with Gasteiger partial charge in [0.15, 0.2) is 0 Å². The number of benzene rings is 1. The molecule has 0 atom stereocenters. The highest BCUT2D eigenvalue weighted by atomic mass is 16.4. The monoisotopic (exact) mass is 250 g/mol. The van der Waals surface area contributed by atoms with Crippen LogP contribution in [-0.4, -0.2) is 16.2 Å². The zero-order valence-corrected chi connectivity index (χ0v) is 11.0. The van der Waals surface area contributed by atoms with E-state index in [-0.39, 0.29) is 11.3 Å². The summed E-state index contributed by atoms with van der Waals surface area (Å²) in [6, 6.07) is 4.91. The number of rotatable bonds is 8. The molecule has 0 aromatic heterocycles. The molecule has 3 nitrogen and oxygen atoms in total. The highest BCUT2D eigenvalue weighted by molar-refractivity contribution is 5.92. The van der Waals surface area contributed by atoms with Crippen LogP contribution < -0.4 is 0 Å². The Balaban J connectivity index is 2.47. The van der Waals surface area contributed by atoms with Crippen LogP contribution in [0.25, 0.3) is 0 Å². The first kappa shape index (κ1) is 14.6. The molecule has 2 N–H and O–H groups in total. The molecule has 1 aromatic rings. The summed E-state index contributed by atoms with van der Waals surface area (Å²) in [4.78, 5) is 11.1. The lowest BCUT2D eigenvalue weighted by Crippen LogP contribution is -2.03. The van der Waals surface area contributed by atoms with Crippen LogP contribution in [0.1, 0.15) is 61.4 Å². The standard InChI is InChI=1S/C15H22O3/c1-2-3-4-5-6-7-9-12-10-8-11-13(16)14(12)15(17)18/h8,10-11,16H,2-7,9H2,1H3,(H,17,18). The Labute approximate surface area is 108 Å². The maximum Gasteiger partial charge on any atom is 0.339 e. The maximum absolute atomic E-state index is 11.1. The van der Waals surface area contributed by atoms with E-state index in [0.717, 1.165) is 24.8 Å². The van der Waals surface area contributed by atoms with E-state index in [1.54, 1.807) is 12.1 Å². The number of aromatic hydroxyl groups is 1. The SMILES string of the molecule is CCCCCCCCc1cccc(O)c1C(=O)O. The second-order valence-corrected chi connectivity index (χ2v) is 4.63. The van der Waals surface area contributed by atoms with Crippen molar-refractivity contribution >= 4 is 5.97 Å². The van der Waals surface area contributed by atoms with Crippen molar-refractivity contribution < 1.29 is 15.0 Å². The molecule has 0 aliphatic rings. The zero-order valence-electron chi connectivity index (χ0n) is 11.0. The third kappa shape index (κ3) is 4.40. The van der Waals surface area contributed by atoms with Crippen LogP contribution in [0.3, 0.4) is 0 Å². The number of unbranched alkanes of at least 4 members (excludes halogenated alkanes) is 5. The number of carbonyl (C=O) groups is 1. The minimum Gasteiger partial charge on any atom is -0.507 e. The summed E-state index contributed by atoms with van der Waals surface area (Å²) in [5, 5.41) is 18.6. The van der Waals surface area contributed by atoms with E-state index in [1.807, 2.05) is 0 Å². The molecule has 0 amide bonds. The molecule has 0 saturated carbocycles. The fraction of sp³-hybridized carbons (Fsp3) is 0.533. The highest BCUT2D eigenvalue weighted by Gasteiger charge is 2.14. The van der Waals surface area contributed by atoms with Gasteiger partial charge in [-0.3, -0.25) is 0 Å². The molecular weight excluding hydrogens is 228 g/mol. The molecule has 0 unspecified atom stereocenters. The van der Waals surface area contributed by atoms with Gasteiger partial charge in [-0.15, -0.1) is 0 Å². The molecule has 18 heavy (non-hydrogen) atoms. The smallest absolute Gasteiger partial charge is 0.339 e. The Morgan fingerprint density at radius 2 is 1.78 bits per heavy atom. The van der Waals surface area contributed by atoms with Crippen LogP contribution in [-0.2, 0) is 6.42 Å². The Bertz CT molecular complexity index is 385. The summed E-state index contributed by atoms with van der Waals surface area (Å²) in [5.74, 6) is -1.18. The first-order valence-corrected chi connectivity index (χ1v) is 6.71. The second-order valence-electron chi connectivity index (χ2n) is 4.63. The van der Waals surface area contributed by atoms with Crippen LogP contribution in [0, 0.1) is 0 Å². The van der Waals surface area contributed by atoms with Gasteiger partial charge in [0.05, 0.1) is 0 Å². The summed E-state index contributed by atoms with van der Waals surface area (Å²) >= 11 is 0. The molecule has 0 aliphatic heterocycles. The van der Waals surface area contributed by atoms with Crippen molar-refractivity contribution in [2.24, 2.45) is 0 Å². The topological polar surface area (TPSA) is 57.5 Å². The van der Waals surface area contributed by atoms with Gasteiger partial charge in [-0.25, -0.2) is 4.79 Å². The van der Waals surface area contributed by atoms with Crippen molar-refractivity contribution in [1.82, 2.24) is 0 Å². The lowest BCUT2D eigenvalue weighted by atomic mass is 9.99. The first-order chi connectivity index (χ1) is 8.66. The van der Waals surface area contributed by atoms with Crippen LogP contribution >= 0.6 is 0 Å². The summed E-state index contributed by atoms with van der Waals surface area (Å²) in [6.45, 7) is 2.19. The van der Waals surface area contributed by atoms with Crippen molar-refractivity contribution in [2.45, 2.75) is 51.9 Å². The van der Waals surface area contributed by atoms with Gasteiger partial charge < -0.3 is 10.2 Å². The van der Waals surface area contributed by atoms with Crippen LogP contribution in [0.4, 0.5) is 0 Å². The van der Waals surface area contributed by atoms with E-state index in [0.29, 0.717) is 0 Å². The van der Waals surface area contributed by atoms with Crippen LogP contribution in [0.2, 0.25) is 0 Å². The molecule has 0 bridgehead atoms. The molecule has 0 radical (unpaired) electrons. The van der Waals surface area contributed by atoms with Gasteiger partial charge in [-0.1, -0.05) is 51.2 Å². The van der Waals surface area contributed by atoms with Crippen molar-refractivity contribution in [2.75, 3.05) is 0 Å². The van der Waals surface area contributed by atoms with E-state index < -0.39 is 5.97 Å². The number of aryl methyl sites for hydroxylation is 1. The number of aromatic carboxylic acids is 1. The van der Waals surface area contributed by atoms with Crippen LogP contribution in [0.15, 0.2) is 18.2 Å². The number of hydrogen-bond acceptors (Lipinski definition) is 2. The van der Waals surface area contributed by atoms with Crippen molar-refractivity contribution in [3.8, 4) is 5.75 Å². The fourth-order valence-electron chi connectivity index (χ4n) is 2.14. The van der Waals surface area contributed by atoms with Crippen LogP contribution in [0.5, 0.6) is 5.75 Å². The van der Waals surface area contributed by atoms with Gasteiger partial charge in [0, 0.05) is 0 Å². The lowest BCUT2D eigenvalue weighted by molar-refractivity contribution is 0.0692. The predicted molar refractivity (Wildman–Crippen MR) is 72.1 cm³/mol. The first-order valence-electron chi connectivity index (χ1n) is 6.71. The van der Waals surface area contributed by atoms with Gasteiger partial charge in [0.25, 0.3) is 0 Å². The minimum absolute atomic E-state index is 0.0612. The largest absolute Gasteiger partial charge is 0.507 e. The predicted octanol–water partition coefficient (Wildman–Crippen LogP) is 3.99. The van der Waals surface area contributed by atoms with Gasteiger partial charge in [0.1, 0.15) is 11.3 Å². The number of hydrogen-bond donors (Lipinski definition) is 2. The lowest BCUT2D eigenvalue weighted by Gasteiger charge is -2.07. The fourth-order valence-corrected chi connectivity index (χ4v) is 2.14. The minimum atomic E-state index is -1.05. The molecule has 0 spiro atoms. The van der Waals surface area contributed by atoms with Gasteiger partial charge >= 0.3 is 5.97 Å². The molecule has 0 aliphatic carbocycles. The summed E-state index contributed by atoms with van der Waals surface area (Å²) < 4.78 is 0. The summed E-state index contributed by atoms with van der Waals surface area (Å²) in [6.07, 6.45) is 7.78. The maximum atomic E-state index is 11.1. The van der Waals surface area contributed by atoms with E-state index in [9.17, 15) is 9.90 Å². The number of carboxylic acid groups (broad SMARTS) is 1. The zero-order chi connectivity index (χ0) is 13.4. The van der Waals surface area contributed by atoms with Crippen molar-refractivity contribution in [1.29, 1.82) is 0 Å². The summed E-state index contributed by atoms with van der Waals surface area (Å²) in [7, 11) is 0. The van der Waals surface area contributed by atoms with E-state index in [2.05, 4.69) is 6.92 Å². The Morgan fingerprint density at radius 3 is 2.44 bits per heavy atom. The van der Waals surface area contributed by atoms with E-state index in [1.165, 1.54) is 31.7 Å².